The predicted molar refractivity (Wildman–Crippen MR) is 123 cm³/mol. The number of unbranched alkanes of at least 4 members (excludes halogenated alkanes) is 6. The molecule has 1 atom stereocenters. The van der Waals surface area contributed by atoms with Gasteiger partial charge in [-0.1, -0.05) is 75.8 Å². The number of urea groups is 1. The molecule has 0 bridgehead atoms. The highest BCUT2D eigenvalue weighted by Crippen LogP contribution is 2.25. The van der Waals surface area contributed by atoms with Crippen molar-refractivity contribution in [3.8, 4) is 0 Å². The van der Waals surface area contributed by atoms with E-state index in [0.717, 1.165) is 22.9 Å². The van der Waals surface area contributed by atoms with Crippen molar-refractivity contribution in [2.24, 2.45) is 4.99 Å². The van der Waals surface area contributed by atoms with Gasteiger partial charge in [-0.2, -0.15) is 0 Å². The number of amidine groups is 2. The fourth-order valence-corrected chi connectivity index (χ4v) is 4.88. The highest BCUT2D eigenvalue weighted by Gasteiger charge is 2.53. The number of aliphatic imine (C=N–C) groups is 1. The molecule has 1 unspecified atom stereocenters. The quantitative estimate of drug-likeness (QED) is 0.411. The summed E-state index contributed by atoms with van der Waals surface area (Å²) in [7, 11) is 3.24. The van der Waals surface area contributed by atoms with Crippen LogP contribution in [0.25, 0.3) is 0 Å². The Labute approximate surface area is 184 Å². The summed E-state index contributed by atoms with van der Waals surface area (Å²) in [6, 6.07) is 9.25. The summed E-state index contributed by atoms with van der Waals surface area (Å²) in [5.74, 6) is 1.31. The molecule has 2 heterocycles. The molecule has 0 aliphatic carbocycles. The molecule has 30 heavy (non-hydrogen) atoms. The molecule has 0 radical (unpaired) electrons. The van der Waals surface area contributed by atoms with Crippen LogP contribution in [0.15, 0.2) is 35.3 Å². The topological polar surface area (TPSA) is 56.0 Å². The van der Waals surface area contributed by atoms with E-state index in [0.29, 0.717) is 12.4 Å². The van der Waals surface area contributed by atoms with Gasteiger partial charge in [0.05, 0.1) is 0 Å². The fourth-order valence-electron chi connectivity index (χ4n) is 3.85. The fraction of sp³-hybridized carbons (Fsp3) is 0.565. The number of likely N-dealkylation sites (N-methyl/N-ethyl adjacent to an activating group) is 2. The maximum absolute atomic E-state index is 12.9. The van der Waals surface area contributed by atoms with Crippen LogP contribution in [0, 0.1) is 0 Å². The zero-order valence-electron chi connectivity index (χ0n) is 18.3. The normalized spacial score (nSPS) is 18.9. The molecule has 6 nitrogen and oxygen atoms in total. The van der Waals surface area contributed by atoms with Gasteiger partial charge in [0.15, 0.2) is 0 Å². The molecule has 7 heteroatoms. The van der Waals surface area contributed by atoms with Crippen molar-refractivity contribution in [2.75, 3.05) is 19.8 Å². The molecule has 3 amide bonds. The first-order valence-electron chi connectivity index (χ1n) is 11.0. The lowest BCUT2D eigenvalue weighted by Crippen LogP contribution is -2.61. The summed E-state index contributed by atoms with van der Waals surface area (Å²) in [6.07, 6.45) is 8.89. The molecule has 1 aromatic rings. The van der Waals surface area contributed by atoms with Gasteiger partial charge in [0.1, 0.15) is 6.54 Å². The van der Waals surface area contributed by atoms with Gasteiger partial charge < -0.3 is 0 Å². The molecule has 1 aromatic carbocycles. The standard InChI is InChI=1S/C23H33N4O2S/c1-4-5-6-7-8-9-13-16-30-22-24-20-19(21(28)26(3)23(29)25(20)2)27(22)17-18-14-11-10-12-15-18/h10-12,14-15,19H,4-9,13,16-17H2,1-3H3/q+1. The maximum atomic E-state index is 12.9. The largest absolute Gasteiger partial charge is 0.358 e. The van der Waals surface area contributed by atoms with E-state index in [4.69, 9.17) is 4.99 Å². The third-order valence-corrected chi connectivity index (χ3v) is 6.75. The molecular formula is C23H33N4O2S+. The number of hydrogen-bond acceptors (Lipinski definition) is 4. The highest BCUT2D eigenvalue weighted by atomic mass is 32.2. The third-order valence-electron chi connectivity index (χ3n) is 5.67. The van der Waals surface area contributed by atoms with Crippen LogP contribution in [0.5, 0.6) is 0 Å². The van der Waals surface area contributed by atoms with E-state index in [9.17, 15) is 9.59 Å². The van der Waals surface area contributed by atoms with Crippen LogP contribution in [0.2, 0.25) is 0 Å². The Bertz CT molecular complexity index is 822. The first-order chi connectivity index (χ1) is 14.5. The highest BCUT2D eigenvalue weighted by molar-refractivity contribution is 8.13. The molecule has 162 valence electrons. The summed E-state index contributed by atoms with van der Waals surface area (Å²) in [4.78, 5) is 32.8. The molecule has 0 saturated carbocycles. The van der Waals surface area contributed by atoms with Crippen molar-refractivity contribution in [1.82, 2.24) is 9.80 Å². The molecular weight excluding hydrogens is 396 g/mol. The van der Waals surface area contributed by atoms with Gasteiger partial charge in [-0.15, -0.1) is 0 Å². The minimum Gasteiger partial charge on any atom is -0.269 e. The maximum Gasteiger partial charge on any atom is 0.358 e. The molecule has 2 aliphatic rings. The van der Waals surface area contributed by atoms with Gasteiger partial charge in [-0.25, -0.2) is 9.37 Å². The number of benzene rings is 1. The van der Waals surface area contributed by atoms with E-state index in [1.165, 1.54) is 48.3 Å². The van der Waals surface area contributed by atoms with Crippen molar-refractivity contribution in [1.29, 1.82) is 0 Å². The number of imide groups is 1. The van der Waals surface area contributed by atoms with Crippen LogP contribution in [0.3, 0.4) is 0 Å². The lowest BCUT2D eigenvalue weighted by atomic mass is 10.1. The van der Waals surface area contributed by atoms with E-state index in [-0.39, 0.29) is 11.9 Å². The van der Waals surface area contributed by atoms with E-state index < -0.39 is 6.04 Å². The molecule has 3 rings (SSSR count). The number of rotatable bonds is 10. The van der Waals surface area contributed by atoms with Crippen LogP contribution in [0.1, 0.15) is 57.4 Å². The molecule has 0 N–H and O–H groups in total. The average molecular weight is 430 g/mol. The Morgan fingerprint density at radius 3 is 2.33 bits per heavy atom. The average Bonchev–Trinajstić information content (AvgIpc) is 3.11. The zero-order valence-corrected chi connectivity index (χ0v) is 19.2. The number of carbonyl (C=O) groups excluding carboxylic acids is 2. The van der Waals surface area contributed by atoms with Gasteiger partial charge in [0, 0.05) is 19.8 Å². The van der Waals surface area contributed by atoms with Crippen molar-refractivity contribution >= 4 is 34.7 Å². The Kier molecular flexibility index (Phi) is 8.08. The summed E-state index contributed by atoms with van der Waals surface area (Å²) < 4.78 is 2.05. The second kappa shape index (κ2) is 10.8. The Hall–Kier alpha value is -2.15. The smallest absolute Gasteiger partial charge is 0.269 e. The summed E-state index contributed by atoms with van der Waals surface area (Å²) in [5, 5.41) is 0.841. The van der Waals surface area contributed by atoms with Crippen LogP contribution in [0.4, 0.5) is 4.79 Å². The van der Waals surface area contributed by atoms with E-state index in [2.05, 4.69) is 23.6 Å². The van der Waals surface area contributed by atoms with E-state index in [1.807, 2.05) is 18.2 Å². The second-order valence-electron chi connectivity index (χ2n) is 7.98. The van der Waals surface area contributed by atoms with Gasteiger partial charge in [0.2, 0.25) is 0 Å². The Morgan fingerprint density at radius 1 is 0.967 bits per heavy atom. The monoisotopic (exact) mass is 429 g/mol. The number of nitrogens with zero attached hydrogens (tertiary/aromatic N) is 4. The first kappa shape index (κ1) is 22.5. The first-order valence-corrected chi connectivity index (χ1v) is 12.0. The predicted octanol–water partition coefficient (Wildman–Crippen LogP) is 4.34. The van der Waals surface area contributed by atoms with Crippen LogP contribution >= 0.6 is 11.8 Å². The SMILES string of the molecule is CCCCCCCCCSC1=[N+](Cc2ccccc2)C2C(=O)N(C)C(=O)N(C)C2=N1. The molecule has 0 aromatic heterocycles. The molecule has 0 spiro atoms. The number of carbonyl (C=O) groups is 2. The molecule has 2 aliphatic heterocycles. The van der Waals surface area contributed by atoms with Gasteiger partial charge in [0.25, 0.3) is 17.8 Å². The van der Waals surface area contributed by atoms with Gasteiger partial charge >= 0.3 is 11.2 Å². The lowest BCUT2D eigenvalue weighted by molar-refractivity contribution is -0.548. The van der Waals surface area contributed by atoms with Crippen LogP contribution in [-0.2, 0) is 11.3 Å². The number of amides is 3. The van der Waals surface area contributed by atoms with Crippen LogP contribution < -0.4 is 0 Å². The Balaban J connectivity index is 1.70. The number of hydrogen-bond donors (Lipinski definition) is 0. The summed E-state index contributed by atoms with van der Waals surface area (Å²) >= 11 is 1.70. The van der Waals surface area contributed by atoms with Crippen molar-refractivity contribution < 1.29 is 14.2 Å². The third kappa shape index (κ3) is 5.12. The van der Waals surface area contributed by atoms with Gasteiger partial charge in [-0.05, 0) is 28.7 Å². The molecule has 1 saturated heterocycles. The summed E-state index contributed by atoms with van der Waals surface area (Å²) in [6.45, 7) is 2.84. The van der Waals surface area contributed by atoms with E-state index in [1.54, 1.807) is 25.9 Å². The van der Waals surface area contributed by atoms with Gasteiger partial charge in [-0.3, -0.25) is 14.6 Å². The van der Waals surface area contributed by atoms with Crippen LogP contribution in [-0.4, -0.2) is 63.2 Å². The minimum absolute atomic E-state index is 0.209. The zero-order chi connectivity index (χ0) is 21.5. The van der Waals surface area contributed by atoms with Crippen molar-refractivity contribution in [3.05, 3.63) is 35.9 Å². The second-order valence-corrected chi connectivity index (χ2v) is 9.04. The van der Waals surface area contributed by atoms with Crippen molar-refractivity contribution in [2.45, 2.75) is 64.5 Å². The summed E-state index contributed by atoms with van der Waals surface area (Å²) in [5.41, 5.74) is 1.12. The number of thioether (sulfide) groups is 1. The molecule has 1 fully saturated rings. The Morgan fingerprint density at radius 2 is 1.63 bits per heavy atom. The lowest BCUT2D eigenvalue weighted by Gasteiger charge is -2.30. The minimum atomic E-state index is -0.533. The number of fused-ring (bicyclic) bond motifs is 1. The van der Waals surface area contributed by atoms with E-state index >= 15 is 0 Å². The van der Waals surface area contributed by atoms with Crippen molar-refractivity contribution in [3.63, 3.8) is 0 Å².